The van der Waals surface area contributed by atoms with E-state index >= 15 is 0 Å². The van der Waals surface area contributed by atoms with E-state index in [-0.39, 0.29) is 0 Å². The highest BCUT2D eigenvalue weighted by Crippen LogP contribution is 2.25. The maximum Gasteiger partial charge on any atom is 0.254 e. The zero-order valence-electron chi connectivity index (χ0n) is 16.3. The Morgan fingerprint density at radius 1 is 0.931 bits per heavy atom. The van der Waals surface area contributed by atoms with Gasteiger partial charge in [0, 0.05) is 11.6 Å². The Kier molecular flexibility index (Phi) is 5.69. The van der Waals surface area contributed by atoms with E-state index in [1.165, 1.54) is 17.5 Å². The number of aromatic nitrogens is 4. The smallest absolute Gasteiger partial charge is 0.254 e. The molecule has 2 aromatic carbocycles. The number of nitrogens with one attached hydrogen (secondary N) is 1. The summed E-state index contributed by atoms with van der Waals surface area (Å²) in [5.74, 6) is 1.23. The van der Waals surface area contributed by atoms with Crippen LogP contribution in [-0.4, -0.2) is 19.6 Å². The normalized spacial score (nSPS) is 11.2. The van der Waals surface area contributed by atoms with E-state index in [0.29, 0.717) is 23.2 Å². The molecule has 0 saturated heterocycles. The number of rotatable bonds is 6. The van der Waals surface area contributed by atoms with Gasteiger partial charge in [0.15, 0.2) is 5.82 Å². The second kappa shape index (κ2) is 8.39. The van der Waals surface area contributed by atoms with E-state index in [0.717, 1.165) is 34.7 Å². The minimum atomic E-state index is 0.530. The Labute approximate surface area is 179 Å². The number of benzene rings is 2. The quantitative estimate of drug-likeness (QED) is 0.446. The summed E-state index contributed by atoms with van der Waals surface area (Å²) in [5.41, 5.74) is 5.62. The first-order valence-corrected chi connectivity index (χ1v) is 10.2. The van der Waals surface area contributed by atoms with Gasteiger partial charge in [-0.05, 0) is 55.0 Å². The zero-order valence-corrected chi connectivity index (χ0v) is 17.8. The van der Waals surface area contributed by atoms with E-state index in [2.05, 4.69) is 56.8 Å². The van der Waals surface area contributed by atoms with Crippen LogP contribution in [-0.2, 0) is 19.4 Å². The minimum absolute atomic E-state index is 0.530. The molecule has 0 fully saturated rings. The first-order valence-electron chi connectivity index (χ1n) is 9.44. The summed E-state index contributed by atoms with van der Waals surface area (Å²) in [6.45, 7) is 4.53. The number of aryl methyl sites for hydroxylation is 4. The first-order chi connectivity index (χ1) is 14.0. The van der Waals surface area contributed by atoms with E-state index in [1.54, 1.807) is 4.52 Å². The van der Waals surface area contributed by atoms with Crippen molar-refractivity contribution in [3.05, 3.63) is 86.8 Å². The fraction of sp³-hybridized carbons (Fsp3) is 0.227. The molecular formula is C22H21Cl2N5. The summed E-state index contributed by atoms with van der Waals surface area (Å²) in [5, 5.41) is 8.93. The van der Waals surface area contributed by atoms with Gasteiger partial charge in [0.1, 0.15) is 11.3 Å². The van der Waals surface area contributed by atoms with Crippen molar-refractivity contribution in [2.24, 2.45) is 0 Å². The molecule has 0 aliphatic heterocycles. The Bertz CT molecular complexity index is 1150. The van der Waals surface area contributed by atoms with Crippen molar-refractivity contribution in [3.8, 4) is 0 Å². The molecular weight excluding hydrogens is 405 g/mol. The molecule has 148 valence electrons. The molecule has 0 aliphatic rings. The van der Waals surface area contributed by atoms with Crippen LogP contribution < -0.4 is 5.32 Å². The van der Waals surface area contributed by atoms with Crippen LogP contribution in [0.5, 0.6) is 0 Å². The number of hydrogen-bond donors (Lipinski definition) is 1. The molecule has 0 radical (unpaired) electrons. The van der Waals surface area contributed by atoms with Gasteiger partial charge in [-0.2, -0.15) is 14.6 Å². The van der Waals surface area contributed by atoms with E-state index in [9.17, 15) is 0 Å². The van der Waals surface area contributed by atoms with Gasteiger partial charge in [0.05, 0.1) is 5.69 Å². The van der Waals surface area contributed by atoms with Crippen molar-refractivity contribution in [3.63, 3.8) is 0 Å². The average Bonchev–Trinajstić information content (AvgIpc) is 3.18. The molecule has 0 bridgehead atoms. The largest absolute Gasteiger partial charge is 0.365 e. The highest BCUT2D eigenvalue weighted by Gasteiger charge is 2.12. The molecule has 0 saturated carbocycles. The van der Waals surface area contributed by atoms with Gasteiger partial charge in [-0.15, -0.1) is 0 Å². The molecule has 0 atom stereocenters. The Morgan fingerprint density at radius 3 is 2.38 bits per heavy atom. The van der Waals surface area contributed by atoms with Gasteiger partial charge < -0.3 is 5.32 Å². The SMILES string of the molecule is Cc1cc(CCc2ccc(CNc3c(Cl)c(C)nc4ncnn34)cc2)ccc1Cl. The Morgan fingerprint density at radius 2 is 1.62 bits per heavy atom. The van der Waals surface area contributed by atoms with Gasteiger partial charge in [-0.1, -0.05) is 59.6 Å². The van der Waals surface area contributed by atoms with Crippen molar-refractivity contribution < 1.29 is 0 Å². The second-order valence-corrected chi connectivity index (χ2v) is 7.87. The maximum atomic E-state index is 6.42. The van der Waals surface area contributed by atoms with Gasteiger partial charge in [0.2, 0.25) is 0 Å². The number of fused-ring (bicyclic) bond motifs is 1. The topological polar surface area (TPSA) is 55.1 Å². The molecule has 2 heterocycles. The standard InChI is InChI=1S/C22H21Cl2N5/c1-14-11-17(9-10-19(14)23)6-3-16-4-7-18(8-5-16)12-25-21-20(24)15(2)28-22-26-13-27-29(21)22/h4-5,7-11,13,25H,3,6,12H2,1-2H3. The van der Waals surface area contributed by atoms with E-state index in [1.807, 2.05) is 19.9 Å². The lowest BCUT2D eigenvalue weighted by Gasteiger charge is -2.12. The van der Waals surface area contributed by atoms with Crippen LogP contribution in [0.3, 0.4) is 0 Å². The molecule has 29 heavy (non-hydrogen) atoms. The van der Waals surface area contributed by atoms with Gasteiger partial charge in [0.25, 0.3) is 5.78 Å². The van der Waals surface area contributed by atoms with Crippen LogP contribution in [0.4, 0.5) is 5.82 Å². The zero-order chi connectivity index (χ0) is 20.4. The number of anilines is 1. The van der Waals surface area contributed by atoms with Gasteiger partial charge >= 0.3 is 0 Å². The summed E-state index contributed by atoms with van der Waals surface area (Å²) in [4.78, 5) is 8.47. The molecule has 0 amide bonds. The third-order valence-electron chi connectivity index (χ3n) is 4.94. The molecule has 4 rings (SSSR count). The minimum Gasteiger partial charge on any atom is -0.365 e. The molecule has 5 nitrogen and oxygen atoms in total. The average molecular weight is 426 g/mol. The van der Waals surface area contributed by atoms with Crippen molar-refractivity contribution in [2.45, 2.75) is 33.2 Å². The lowest BCUT2D eigenvalue weighted by Crippen LogP contribution is -2.08. The molecule has 0 spiro atoms. The third-order valence-corrected chi connectivity index (χ3v) is 5.82. The van der Waals surface area contributed by atoms with Crippen molar-refractivity contribution in [1.29, 1.82) is 0 Å². The molecule has 4 aromatic rings. The molecule has 1 N–H and O–H groups in total. The summed E-state index contributed by atoms with van der Waals surface area (Å²) in [6.07, 6.45) is 3.45. The van der Waals surface area contributed by atoms with Crippen LogP contribution in [0.15, 0.2) is 48.8 Å². The molecule has 0 aliphatic carbocycles. The van der Waals surface area contributed by atoms with Gasteiger partial charge in [-0.3, -0.25) is 0 Å². The Balaban J connectivity index is 1.40. The second-order valence-electron chi connectivity index (χ2n) is 7.09. The van der Waals surface area contributed by atoms with E-state index < -0.39 is 0 Å². The van der Waals surface area contributed by atoms with Crippen LogP contribution in [0.1, 0.15) is 27.9 Å². The summed E-state index contributed by atoms with van der Waals surface area (Å²) >= 11 is 12.5. The number of halogens is 2. The maximum absolute atomic E-state index is 6.42. The van der Waals surface area contributed by atoms with Crippen LogP contribution >= 0.6 is 23.2 Å². The molecule has 2 aromatic heterocycles. The molecule has 7 heteroatoms. The van der Waals surface area contributed by atoms with Crippen LogP contribution in [0, 0.1) is 13.8 Å². The summed E-state index contributed by atoms with van der Waals surface area (Å²) < 4.78 is 1.62. The predicted molar refractivity (Wildman–Crippen MR) is 118 cm³/mol. The van der Waals surface area contributed by atoms with Crippen molar-refractivity contribution in [1.82, 2.24) is 19.6 Å². The lowest BCUT2D eigenvalue weighted by molar-refractivity contribution is 0.915. The van der Waals surface area contributed by atoms with E-state index in [4.69, 9.17) is 23.2 Å². The molecule has 0 unspecified atom stereocenters. The number of hydrogen-bond acceptors (Lipinski definition) is 4. The lowest BCUT2D eigenvalue weighted by atomic mass is 10.0. The first kappa shape index (κ1) is 19.7. The van der Waals surface area contributed by atoms with Crippen LogP contribution in [0.2, 0.25) is 10.0 Å². The predicted octanol–water partition coefficient (Wildman–Crippen LogP) is 5.45. The third kappa shape index (κ3) is 4.36. The summed E-state index contributed by atoms with van der Waals surface area (Å²) in [6, 6.07) is 14.8. The Hall–Kier alpha value is -2.63. The van der Waals surface area contributed by atoms with Gasteiger partial charge in [-0.25, -0.2) is 4.98 Å². The highest BCUT2D eigenvalue weighted by molar-refractivity contribution is 6.33. The number of nitrogens with zero attached hydrogens (tertiary/aromatic N) is 4. The summed E-state index contributed by atoms with van der Waals surface area (Å²) in [7, 11) is 0. The highest BCUT2D eigenvalue weighted by atomic mass is 35.5. The van der Waals surface area contributed by atoms with Crippen LogP contribution in [0.25, 0.3) is 5.78 Å². The fourth-order valence-electron chi connectivity index (χ4n) is 3.25. The van der Waals surface area contributed by atoms with Crippen molar-refractivity contribution in [2.75, 3.05) is 5.32 Å². The van der Waals surface area contributed by atoms with Crippen molar-refractivity contribution >= 4 is 34.8 Å². The fourth-order valence-corrected chi connectivity index (χ4v) is 3.55. The monoisotopic (exact) mass is 425 g/mol.